The maximum atomic E-state index is 13.1. The molecule has 0 spiro atoms. The van der Waals surface area contributed by atoms with Crippen LogP contribution >= 0.6 is 0 Å². The van der Waals surface area contributed by atoms with Crippen LogP contribution in [0.3, 0.4) is 0 Å². The fourth-order valence-corrected chi connectivity index (χ4v) is 3.96. The third-order valence-electron chi connectivity index (χ3n) is 5.19. The van der Waals surface area contributed by atoms with Gasteiger partial charge in [0.15, 0.2) is 0 Å². The maximum absolute atomic E-state index is 13.1. The van der Waals surface area contributed by atoms with Crippen molar-refractivity contribution in [3.05, 3.63) is 70.8 Å². The summed E-state index contributed by atoms with van der Waals surface area (Å²) in [7, 11) is 0. The van der Waals surface area contributed by atoms with E-state index in [1.54, 1.807) is 4.90 Å². The Hall–Kier alpha value is -2.82. The van der Waals surface area contributed by atoms with Crippen molar-refractivity contribution in [1.29, 1.82) is 0 Å². The summed E-state index contributed by atoms with van der Waals surface area (Å²) in [5.74, 6) is -0.315. The van der Waals surface area contributed by atoms with Crippen molar-refractivity contribution in [3.63, 3.8) is 0 Å². The zero-order chi connectivity index (χ0) is 21.7. The Labute approximate surface area is 179 Å². The molecule has 0 aromatic heterocycles. The number of esters is 1. The summed E-state index contributed by atoms with van der Waals surface area (Å²) in [6, 6.07) is 15.4. The molecule has 1 amide bonds. The zero-order valence-electron chi connectivity index (χ0n) is 18.3. The Morgan fingerprint density at radius 2 is 1.80 bits per heavy atom. The number of nitrogens with zero attached hydrogens (tertiary/aromatic N) is 1. The molecule has 1 atom stereocenters. The minimum Gasteiger partial charge on any atom is -0.460 e. The Kier molecular flexibility index (Phi) is 6.80. The molecule has 0 saturated carbocycles. The van der Waals surface area contributed by atoms with Gasteiger partial charge in [-0.05, 0) is 62.8 Å². The highest BCUT2D eigenvalue weighted by molar-refractivity contribution is 5.74. The molecule has 160 valence electrons. The van der Waals surface area contributed by atoms with Crippen LogP contribution in [0, 0.1) is 6.92 Å². The topological polar surface area (TPSA) is 55.8 Å². The van der Waals surface area contributed by atoms with Gasteiger partial charge in [0.05, 0.1) is 12.5 Å². The van der Waals surface area contributed by atoms with E-state index in [2.05, 4.69) is 6.07 Å². The molecule has 3 rings (SSSR count). The fourth-order valence-electron chi connectivity index (χ4n) is 3.96. The molecule has 0 saturated heterocycles. The van der Waals surface area contributed by atoms with Crippen LogP contribution in [0.15, 0.2) is 48.5 Å². The van der Waals surface area contributed by atoms with Gasteiger partial charge in [0.25, 0.3) is 0 Å². The van der Waals surface area contributed by atoms with Gasteiger partial charge >= 0.3 is 12.1 Å². The molecule has 5 nitrogen and oxygen atoms in total. The second kappa shape index (κ2) is 9.33. The monoisotopic (exact) mass is 409 g/mol. The van der Waals surface area contributed by atoms with Gasteiger partial charge in [-0.3, -0.25) is 4.79 Å². The quantitative estimate of drug-likeness (QED) is 0.639. The molecule has 0 radical (unpaired) electrons. The molecule has 1 heterocycles. The number of carbonyl (C=O) groups excluding carboxylic acids is 2. The first-order valence-corrected chi connectivity index (χ1v) is 10.5. The molecule has 0 aliphatic carbocycles. The van der Waals surface area contributed by atoms with Gasteiger partial charge in [0, 0.05) is 6.54 Å². The Bertz CT molecular complexity index is 886. The molecule has 1 aliphatic rings. The highest BCUT2D eigenvalue weighted by atomic mass is 16.6. The van der Waals surface area contributed by atoms with E-state index in [0.29, 0.717) is 6.54 Å². The summed E-state index contributed by atoms with van der Waals surface area (Å²) in [5.41, 5.74) is 3.65. The van der Waals surface area contributed by atoms with Gasteiger partial charge < -0.3 is 14.4 Å². The van der Waals surface area contributed by atoms with Crippen LogP contribution in [0.2, 0.25) is 0 Å². The van der Waals surface area contributed by atoms with E-state index in [1.165, 1.54) is 5.56 Å². The number of hydrogen-bond acceptors (Lipinski definition) is 4. The normalized spacial score (nSPS) is 16.4. The van der Waals surface area contributed by atoms with Gasteiger partial charge in [0.1, 0.15) is 12.2 Å². The first kappa shape index (κ1) is 21.9. The van der Waals surface area contributed by atoms with Crippen LogP contribution in [0.5, 0.6) is 0 Å². The van der Waals surface area contributed by atoms with Crippen molar-refractivity contribution < 1.29 is 19.1 Å². The lowest BCUT2D eigenvalue weighted by atomic mass is 9.92. The van der Waals surface area contributed by atoms with E-state index in [9.17, 15) is 9.59 Å². The van der Waals surface area contributed by atoms with Gasteiger partial charge in [-0.25, -0.2) is 4.79 Å². The molecule has 2 aromatic rings. The van der Waals surface area contributed by atoms with E-state index in [-0.39, 0.29) is 19.0 Å². The van der Waals surface area contributed by atoms with E-state index in [4.69, 9.17) is 9.47 Å². The number of amides is 1. The van der Waals surface area contributed by atoms with E-state index < -0.39 is 17.7 Å². The van der Waals surface area contributed by atoms with Crippen LogP contribution in [0.4, 0.5) is 4.79 Å². The molecule has 1 aliphatic heterocycles. The van der Waals surface area contributed by atoms with Crippen LogP contribution in [0.1, 0.15) is 61.9 Å². The predicted octanol–water partition coefficient (Wildman–Crippen LogP) is 5.35. The van der Waals surface area contributed by atoms with Crippen molar-refractivity contribution >= 4 is 12.1 Å². The lowest BCUT2D eigenvalue weighted by Crippen LogP contribution is -2.38. The summed E-state index contributed by atoms with van der Waals surface area (Å²) in [4.78, 5) is 27.5. The zero-order valence-corrected chi connectivity index (χ0v) is 18.3. The summed E-state index contributed by atoms with van der Waals surface area (Å²) in [5, 5.41) is 0. The second-order valence-electron chi connectivity index (χ2n) is 8.79. The number of carbonyl (C=O) groups is 2. The van der Waals surface area contributed by atoms with Crippen LogP contribution < -0.4 is 0 Å². The van der Waals surface area contributed by atoms with Crippen molar-refractivity contribution in [2.24, 2.45) is 0 Å². The number of benzene rings is 2. The molecule has 0 fully saturated rings. The standard InChI is InChI=1S/C25H31NO4/c1-18-10-8-13-20-14-9-15-26(24(28)29-17-19-11-6-5-7-12-19)21(23(18)20)16-22(27)30-25(2,3)4/h5-8,10-13,21H,9,14-17H2,1-4H3. The lowest BCUT2D eigenvalue weighted by Gasteiger charge is -2.31. The highest BCUT2D eigenvalue weighted by Crippen LogP contribution is 2.35. The average Bonchev–Trinajstić information content (AvgIpc) is 2.86. The van der Waals surface area contributed by atoms with Crippen molar-refractivity contribution in [3.8, 4) is 0 Å². The maximum Gasteiger partial charge on any atom is 0.410 e. The SMILES string of the molecule is Cc1cccc2c1C(CC(=O)OC(C)(C)C)N(C(=O)OCc1ccccc1)CCC2. The van der Waals surface area contributed by atoms with E-state index >= 15 is 0 Å². The highest BCUT2D eigenvalue weighted by Gasteiger charge is 2.34. The second-order valence-corrected chi connectivity index (χ2v) is 8.79. The number of fused-ring (bicyclic) bond motifs is 1. The summed E-state index contributed by atoms with van der Waals surface area (Å²) in [6.07, 6.45) is 1.39. The Morgan fingerprint density at radius 1 is 1.07 bits per heavy atom. The minimum absolute atomic E-state index is 0.107. The Balaban J connectivity index is 1.86. The number of ether oxygens (including phenoxy) is 2. The smallest absolute Gasteiger partial charge is 0.410 e. The van der Waals surface area contributed by atoms with Crippen LogP contribution in [-0.2, 0) is 27.3 Å². The largest absolute Gasteiger partial charge is 0.460 e. The molecule has 0 N–H and O–H groups in total. The van der Waals surface area contributed by atoms with E-state index in [1.807, 2.05) is 70.2 Å². The number of rotatable bonds is 4. The first-order chi connectivity index (χ1) is 14.2. The molecule has 0 bridgehead atoms. The van der Waals surface area contributed by atoms with Gasteiger partial charge in [-0.2, -0.15) is 0 Å². The minimum atomic E-state index is -0.574. The van der Waals surface area contributed by atoms with Crippen LogP contribution in [-0.4, -0.2) is 29.1 Å². The number of hydrogen-bond donors (Lipinski definition) is 0. The van der Waals surface area contributed by atoms with E-state index in [0.717, 1.165) is 29.5 Å². The van der Waals surface area contributed by atoms with Crippen molar-refractivity contribution in [1.82, 2.24) is 4.90 Å². The van der Waals surface area contributed by atoms with Gasteiger partial charge in [-0.1, -0.05) is 48.5 Å². The lowest BCUT2D eigenvalue weighted by molar-refractivity contribution is -0.156. The van der Waals surface area contributed by atoms with Gasteiger partial charge in [-0.15, -0.1) is 0 Å². The van der Waals surface area contributed by atoms with Crippen molar-refractivity contribution in [2.75, 3.05) is 6.54 Å². The fraction of sp³-hybridized carbons (Fsp3) is 0.440. The molecular formula is C25H31NO4. The summed E-state index contributed by atoms with van der Waals surface area (Å²) in [6.45, 7) is 8.32. The molecule has 30 heavy (non-hydrogen) atoms. The number of aryl methyl sites for hydroxylation is 2. The predicted molar refractivity (Wildman–Crippen MR) is 116 cm³/mol. The molecule has 2 aromatic carbocycles. The first-order valence-electron chi connectivity index (χ1n) is 10.5. The summed E-state index contributed by atoms with van der Waals surface area (Å²) >= 11 is 0. The molecular weight excluding hydrogens is 378 g/mol. The van der Waals surface area contributed by atoms with Crippen LogP contribution in [0.25, 0.3) is 0 Å². The third-order valence-corrected chi connectivity index (χ3v) is 5.19. The van der Waals surface area contributed by atoms with Crippen molar-refractivity contribution in [2.45, 2.75) is 65.2 Å². The molecule has 5 heteroatoms. The average molecular weight is 410 g/mol. The van der Waals surface area contributed by atoms with Gasteiger partial charge in [0.2, 0.25) is 0 Å². The third kappa shape index (κ3) is 5.62. The Morgan fingerprint density at radius 3 is 2.50 bits per heavy atom. The molecule has 1 unspecified atom stereocenters. The summed E-state index contributed by atoms with van der Waals surface area (Å²) < 4.78 is 11.2.